The van der Waals surface area contributed by atoms with Gasteiger partial charge in [0.25, 0.3) is 0 Å². The molecule has 0 saturated carbocycles. The zero-order chi connectivity index (χ0) is 10.8. The molecule has 0 aliphatic heterocycles. The average Bonchev–Trinajstić information content (AvgIpc) is 2.02. The van der Waals surface area contributed by atoms with Crippen molar-refractivity contribution in [1.82, 2.24) is 0 Å². The van der Waals surface area contributed by atoms with Gasteiger partial charge in [-0.1, -0.05) is 28.1 Å². The third kappa shape index (κ3) is 3.31. The molecule has 0 aromatic heterocycles. The molecule has 0 spiro atoms. The molecule has 0 bridgehead atoms. The van der Waals surface area contributed by atoms with E-state index in [0.29, 0.717) is 10.0 Å². The zero-order valence-corrected chi connectivity index (χ0v) is 8.64. The van der Waals surface area contributed by atoms with Crippen molar-refractivity contribution in [3.8, 4) is 0 Å². The lowest BCUT2D eigenvalue weighted by molar-refractivity contribution is -0.203. The minimum Gasteiger partial charge on any atom is -0.383 e. The second kappa shape index (κ2) is 4.31. The van der Waals surface area contributed by atoms with Crippen molar-refractivity contribution in [2.24, 2.45) is 0 Å². The van der Waals surface area contributed by atoms with Gasteiger partial charge >= 0.3 is 6.18 Å². The Morgan fingerprint density at radius 3 is 2.50 bits per heavy atom. The average molecular weight is 269 g/mol. The van der Waals surface area contributed by atoms with E-state index in [-0.39, 0.29) is 0 Å². The molecule has 0 amide bonds. The Morgan fingerprint density at radius 1 is 1.36 bits per heavy atom. The molecule has 14 heavy (non-hydrogen) atoms. The maximum absolute atomic E-state index is 12.0. The second-order valence-corrected chi connectivity index (χ2v) is 3.81. The van der Waals surface area contributed by atoms with Gasteiger partial charge in [0.1, 0.15) is 0 Å². The number of rotatable bonds is 2. The summed E-state index contributed by atoms with van der Waals surface area (Å²) in [6, 6.07) is 6.43. The summed E-state index contributed by atoms with van der Waals surface area (Å²) in [5.41, 5.74) is 0.448. The molecular formula is C9H8BrF3O. The number of aliphatic hydroxyl groups excluding tert-OH is 1. The van der Waals surface area contributed by atoms with Gasteiger partial charge in [0.2, 0.25) is 0 Å². The summed E-state index contributed by atoms with van der Waals surface area (Å²) >= 11 is 3.14. The molecule has 5 heteroatoms. The Kier molecular flexibility index (Phi) is 3.55. The molecule has 0 heterocycles. The van der Waals surface area contributed by atoms with Crippen LogP contribution in [-0.2, 0) is 6.42 Å². The molecule has 1 rings (SSSR count). The fourth-order valence-corrected chi connectivity index (χ4v) is 1.45. The molecule has 0 radical (unpaired) electrons. The standard InChI is InChI=1S/C9H8BrF3O/c10-7-3-1-2-6(4-7)5-8(14)9(11,12)13/h1-4,8,14H,5H2/t8-/m1/s1. The lowest BCUT2D eigenvalue weighted by Gasteiger charge is -2.14. The van der Waals surface area contributed by atoms with Crippen molar-refractivity contribution in [3.63, 3.8) is 0 Å². The molecule has 1 atom stereocenters. The molecule has 1 aromatic carbocycles. The molecule has 0 fully saturated rings. The summed E-state index contributed by atoms with van der Waals surface area (Å²) in [6.07, 6.45) is -7.26. The van der Waals surface area contributed by atoms with E-state index in [1.54, 1.807) is 24.3 Å². The van der Waals surface area contributed by atoms with E-state index in [9.17, 15) is 13.2 Å². The van der Waals surface area contributed by atoms with Gasteiger partial charge in [-0.25, -0.2) is 0 Å². The summed E-state index contributed by atoms with van der Waals surface area (Å²) in [5, 5.41) is 8.79. The van der Waals surface area contributed by atoms with E-state index in [2.05, 4.69) is 15.9 Å². The highest BCUT2D eigenvalue weighted by Crippen LogP contribution is 2.23. The molecule has 0 aliphatic rings. The molecule has 0 saturated heterocycles. The number of alkyl halides is 3. The van der Waals surface area contributed by atoms with Crippen LogP contribution in [0.2, 0.25) is 0 Å². The Labute approximate surface area is 87.7 Å². The number of aliphatic hydroxyl groups is 1. The predicted octanol–water partition coefficient (Wildman–Crippen LogP) is 2.91. The Morgan fingerprint density at radius 2 is 2.00 bits per heavy atom. The quantitative estimate of drug-likeness (QED) is 0.875. The van der Waals surface area contributed by atoms with Gasteiger partial charge in [-0.05, 0) is 17.7 Å². The Bertz CT molecular complexity index is 311. The first-order valence-electron chi connectivity index (χ1n) is 3.89. The van der Waals surface area contributed by atoms with Crippen LogP contribution in [0.5, 0.6) is 0 Å². The van der Waals surface area contributed by atoms with E-state index < -0.39 is 18.7 Å². The van der Waals surface area contributed by atoms with Crippen molar-refractivity contribution in [1.29, 1.82) is 0 Å². The molecule has 1 aromatic rings. The van der Waals surface area contributed by atoms with Crippen LogP contribution in [-0.4, -0.2) is 17.4 Å². The van der Waals surface area contributed by atoms with Crippen LogP contribution in [0.15, 0.2) is 28.7 Å². The Hall–Kier alpha value is -0.550. The maximum atomic E-state index is 12.0. The number of hydrogen-bond donors (Lipinski definition) is 1. The number of hydrogen-bond acceptors (Lipinski definition) is 1. The number of halogens is 4. The molecule has 0 aliphatic carbocycles. The third-order valence-electron chi connectivity index (χ3n) is 1.70. The van der Waals surface area contributed by atoms with Crippen molar-refractivity contribution >= 4 is 15.9 Å². The van der Waals surface area contributed by atoms with Crippen LogP contribution >= 0.6 is 15.9 Å². The van der Waals surface area contributed by atoms with Gasteiger partial charge in [-0.2, -0.15) is 13.2 Å². The first-order valence-corrected chi connectivity index (χ1v) is 4.68. The minimum atomic E-state index is -4.55. The van der Waals surface area contributed by atoms with Gasteiger partial charge in [0.15, 0.2) is 6.10 Å². The highest BCUT2D eigenvalue weighted by molar-refractivity contribution is 9.10. The smallest absolute Gasteiger partial charge is 0.383 e. The summed E-state index contributed by atoms with van der Waals surface area (Å²) in [4.78, 5) is 0. The minimum absolute atomic E-state index is 0.414. The Balaban J connectivity index is 2.70. The van der Waals surface area contributed by atoms with Gasteiger partial charge in [0, 0.05) is 10.9 Å². The second-order valence-electron chi connectivity index (χ2n) is 2.89. The molecule has 0 unspecified atom stereocenters. The lowest BCUT2D eigenvalue weighted by atomic mass is 10.1. The monoisotopic (exact) mass is 268 g/mol. The van der Waals surface area contributed by atoms with E-state index in [1.165, 1.54) is 0 Å². The fourth-order valence-electron chi connectivity index (χ4n) is 1.00. The van der Waals surface area contributed by atoms with Gasteiger partial charge in [-0.15, -0.1) is 0 Å². The first kappa shape index (κ1) is 11.5. The third-order valence-corrected chi connectivity index (χ3v) is 2.19. The summed E-state index contributed by atoms with van der Waals surface area (Å²) < 4.78 is 36.6. The molecular weight excluding hydrogens is 261 g/mol. The van der Waals surface area contributed by atoms with Crippen molar-refractivity contribution in [2.75, 3.05) is 0 Å². The largest absolute Gasteiger partial charge is 0.414 e. The van der Waals surface area contributed by atoms with Gasteiger partial charge in [0.05, 0.1) is 0 Å². The first-order chi connectivity index (χ1) is 6.39. The lowest BCUT2D eigenvalue weighted by Crippen LogP contribution is -2.30. The summed E-state index contributed by atoms with van der Waals surface area (Å²) in [6.45, 7) is 0. The summed E-state index contributed by atoms with van der Waals surface area (Å²) in [5.74, 6) is 0. The number of benzene rings is 1. The van der Waals surface area contributed by atoms with E-state index >= 15 is 0 Å². The zero-order valence-electron chi connectivity index (χ0n) is 7.05. The van der Waals surface area contributed by atoms with Gasteiger partial charge < -0.3 is 5.11 Å². The normalized spacial score (nSPS) is 14.1. The van der Waals surface area contributed by atoms with E-state index in [0.717, 1.165) is 0 Å². The van der Waals surface area contributed by atoms with E-state index in [1.807, 2.05) is 0 Å². The van der Waals surface area contributed by atoms with Crippen LogP contribution in [0.3, 0.4) is 0 Å². The van der Waals surface area contributed by atoms with Crippen molar-refractivity contribution < 1.29 is 18.3 Å². The summed E-state index contributed by atoms with van der Waals surface area (Å²) in [7, 11) is 0. The van der Waals surface area contributed by atoms with Crippen LogP contribution in [0.25, 0.3) is 0 Å². The SMILES string of the molecule is O[C@H](Cc1cccc(Br)c1)C(F)(F)F. The fraction of sp³-hybridized carbons (Fsp3) is 0.333. The van der Waals surface area contributed by atoms with Crippen LogP contribution in [0, 0.1) is 0 Å². The van der Waals surface area contributed by atoms with Crippen LogP contribution in [0.1, 0.15) is 5.56 Å². The molecule has 1 N–H and O–H groups in total. The predicted molar refractivity (Wildman–Crippen MR) is 49.9 cm³/mol. The molecule has 1 nitrogen and oxygen atoms in total. The van der Waals surface area contributed by atoms with Crippen LogP contribution < -0.4 is 0 Å². The van der Waals surface area contributed by atoms with Crippen molar-refractivity contribution in [3.05, 3.63) is 34.3 Å². The highest BCUT2D eigenvalue weighted by Gasteiger charge is 2.37. The topological polar surface area (TPSA) is 20.2 Å². The van der Waals surface area contributed by atoms with E-state index in [4.69, 9.17) is 5.11 Å². The van der Waals surface area contributed by atoms with Crippen LogP contribution in [0.4, 0.5) is 13.2 Å². The molecule has 78 valence electrons. The highest BCUT2D eigenvalue weighted by atomic mass is 79.9. The van der Waals surface area contributed by atoms with Gasteiger partial charge in [-0.3, -0.25) is 0 Å². The van der Waals surface area contributed by atoms with Crippen molar-refractivity contribution in [2.45, 2.75) is 18.7 Å². The maximum Gasteiger partial charge on any atom is 0.414 e.